The van der Waals surface area contributed by atoms with Crippen LogP contribution >= 0.6 is 0 Å². The van der Waals surface area contributed by atoms with Crippen molar-refractivity contribution >= 4 is 0 Å². The summed E-state index contributed by atoms with van der Waals surface area (Å²) in [6, 6.07) is 10.0. The maximum absolute atomic E-state index is 9.55. The summed E-state index contributed by atoms with van der Waals surface area (Å²) in [7, 11) is 0. The third-order valence-corrected chi connectivity index (χ3v) is 3.74. The zero-order valence-electron chi connectivity index (χ0n) is 9.25. The molecular weight excluding hydrogens is 202 g/mol. The van der Waals surface area contributed by atoms with Gasteiger partial charge in [0.05, 0.1) is 0 Å². The first-order valence-corrected chi connectivity index (χ1v) is 5.98. The van der Waals surface area contributed by atoms with Crippen LogP contribution in [0.2, 0.25) is 0 Å². The molecule has 3 nitrogen and oxygen atoms in total. The molecule has 0 unspecified atom stereocenters. The van der Waals surface area contributed by atoms with Crippen LogP contribution in [0.3, 0.4) is 0 Å². The Balaban J connectivity index is 1.72. The fraction of sp³-hybridized carbons (Fsp3) is 0.538. The Kier molecular flexibility index (Phi) is 2.58. The summed E-state index contributed by atoms with van der Waals surface area (Å²) in [4.78, 5) is 0. The van der Waals surface area contributed by atoms with E-state index in [9.17, 15) is 5.21 Å². The van der Waals surface area contributed by atoms with Gasteiger partial charge in [-0.2, -0.15) is 5.06 Å². The van der Waals surface area contributed by atoms with Crippen LogP contribution in [-0.4, -0.2) is 29.5 Å². The zero-order chi connectivity index (χ0) is 11.0. The number of hydrogen-bond acceptors (Lipinski definition) is 3. The normalized spacial score (nSPS) is 33.9. The molecule has 3 atom stereocenters. The highest BCUT2D eigenvalue weighted by atomic mass is 16.5. The molecule has 3 rings (SSSR count). The van der Waals surface area contributed by atoms with Gasteiger partial charge in [-0.05, 0) is 25.0 Å². The molecule has 1 heterocycles. The molecule has 1 aliphatic heterocycles. The number of para-hydroxylation sites is 1. The number of rotatable bonds is 2. The molecule has 2 aliphatic rings. The van der Waals surface area contributed by atoms with Crippen LogP contribution in [0.25, 0.3) is 0 Å². The molecule has 1 aromatic carbocycles. The van der Waals surface area contributed by atoms with Crippen molar-refractivity contribution in [1.82, 2.24) is 5.06 Å². The Morgan fingerprint density at radius 2 is 1.69 bits per heavy atom. The van der Waals surface area contributed by atoms with Crippen LogP contribution in [0.4, 0.5) is 0 Å². The summed E-state index contributed by atoms with van der Waals surface area (Å²) in [5.74, 6) is 1.93. The largest absolute Gasteiger partial charge is 0.490 e. The highest BCUT2D eigenvalue weighted by molar-refractivity contribution is 5.21. The Morgan fingerprint density at radius 1 is 1.06 bits per heavy atom. The molecule has 1 N–H and O–H groups in total. The summed E-state index contributed by atoms with van der Waals surface area (Å²) < 4.78 is 6.05. The highest BCUT2D eigenvalue weighted by Gasteiger charge is 2.43. The Labute approximate surface area is 95.6 Å². The first-order valence-electron chi connectivity index (χ1n) is 5.98. The topological polar surface area (TPSA) is 32.7 Å². The third kappa shape index (κ3) is 1.81. The molecule has 2 fully saturated rings. The third-order valence-electron chi connectivity index (χ3n) is 3.74. The Morgan fingerprint density at radius 3 is 2.31 bits per heavy atom. The maximum atomic E-state index is 9.55. The van der Waals surface area contributed by atoms with E-state index >= 15 is 0 Å². The van der Waals surface area contributed by atoms with Crippen LogP contribution in [0.5, 0.6) is 5.75 Å². The number of hydrogen-bond donors (Lipinski definition) is 1. The lowest BCUT2D eigenvalue weighted by Gasteiger charge is -2.34. The van der Waals surface area contributed by atoms with Gasteiger partial charge in [0.15, 0.2) is 0 Å². The molecule has 16 heavy (non-hydrogen) atoms. The van der Waals surface area contributed by atoms with Crippen molar-refractivity contribution in [3.8, 4) is 5.75 Å². The minimum Gasteiger partial charge on any atom is -0.490 e. The SMILES string of the molecule is ON1C[C@H]2CC[C@@H](C1)[C@@H]2Oc1ccccc1. The molecule has 1 aliphatic carbocycles. The number of hydroxylamine groups is 2. The van der Waals surface area contributed by atoms with E-state index in [1.54, 1.807) is 0 Å². The minimum absolute atomic E-state index is 0.297. The fourth-order valence-corrected chi connectivity index (χ4v) is 3.00. The average Bonchev–Trinajstić information content (AvgIpc) is 2.54. The molecule has 86 valence electrons. The zero-order valence-corrected chi connectivity index (χ0v) is 9.25. The second-order valence-corrected chi connectivity index (χ2v) is 4.86. The maximum Gasteiger partial charge on any atom is 0.119 e. The van der Waals surface area contributed by atoms with Crippen molar-refractivity contribution in [3.05, 3.63) is 30.3 Å². The predicted octanol–water partition coefficient (Wildman–Crippen LogP) is 2.17. The van der Waals surface area contributed by atoms with Gasteiger partial charge in [-0.15, -0.1) is 0 Å². The van der Waals surface area contributed by atoms with Crippen molar-refractivity contribution in [2.45, 2.75) is 18.9 Å². The predicted molar refractivity (Wildman–Crippen MR) is 60.4 cm³/mol. The van der Waals surface area contributed by atoms with Gasteiger partial charge in [-0.25, -0.2) is 0 Å². The van der Waals surface area contributed by atoms with Gasteiger partial charge in [-0.1, -0.05) is 18.2 Å². The minimum atomic E-state index is 0.297. The van der Waals surface area contributed by atoms with Gasteiger partial charge in [0.25, 0.3) is 0 Å². The summed E-state index contributed by atoms with van der Waals surface area (Å²) in [6.07, 6.45) is 2.66. The standard InChI is InChI=1S/C13H17NO2/c15-14-8-10-6-7-11(9-14)13(10)16-12-4-2-1-3-5-12/h1-5,10-11,13,15H,6-9H2/t10-,11+,13-. The van der Waals surface area contributed by atoms with Crippen LogP contribution in [-0.2, 0) is 0 Å². The van der Waals surface area contributed by atoms with E-state index in [4.69, 9.17) is 4.74 Å². The molecule has 0 spiro atoms. The molecule has 1 saturated heterocycles. The Bertz CT molecular complexity index is 340. The van der Waals surface area contributed by atoms with E-state index in [2.05, 4.69) is 0 Å². The molecule has 3 heteroatoms. The number of piperidine rings is 1. The quantitative estimate of drug-likeness (QED) is 0.827. The van der Waals surface area contributed by atoms with Gasteiger partial charge in [0.1, 0.15) is 11.9 Å². The van der Waals surface area contributed by atoms with Gasteiger partial charge in [0, 0.05) is 24.9 Å². The molecular formula is C13H17NO2. The van der Waals surface area contributed by atoms with E-state index in [-0.39, 0.29) is 0 Å². The van der Waals surface area contributed by atoms with Crippen molar-refractivity contribution in [1.29, 1.82) is 0 Å². The van der Waals surface area contributed by atoms with Gasteiger partial charge < -0.3 is 9.94 Å². The van der Waals surface area contributed by atoms with Crippen molar-refractivity contribution in [2.75, 3.05) is 13.1 Å². The van der Waals surface area contributed by atoms with E-state index < -0.39 is 0 Å². The van der Waals surface area contributed by atoms with E-state index in [0.717, 1.165) is 18.8 Å². The van der Waals surface area contributed by atoms with Crippen LogP contribution in [0.15, 0.2) is 30.3 Å². The second-order valence-electron chi connectivity index (χ2n) is 4.86. The summed E-state index contributed by atoms with van der Waals surface area (Å²) in [5.41, 5.74) is 0. The van der Waals surface area contributed by atoms with Gasteiger partial charge >= 0.3 is 0 Å². The van der Waals surface area contributed by atoms with Crippen LogP contribution < -0.4 is 4.74 Å². The molecule has 0 radical (unpaired) electrons. The van der Waals surface area contributed by atoms with Gasteiger partial charge in [0.2, 0.25) is 0 Å². The van der Waals surface area contributed by atoms with Crippen molar-refractivity contribution in [3.63, 3.8) is 0 Å². The van der Waals surface area contributed by atoms with E-state index in [1.165, 1.54) is 17.9 Å². The van der Waals surface area contributed by atoms with Crippen LogP contribution in [0, 0.1) is 11.8 Å². The smallest absolute Gasteiger partial charge is 0.119 e. The number of fused-ring (bicyclic) bond motifs is 2. The Hall–Kier alpha value is -1.06. The van der Waals surface area contributed by atoms with Crippen LogP contribution in [0.1, 0.15) is 12.8 Å². The summed E-state index contributed by atoms with van der Waals surface area (Å²) in [6.45, 7) is 1.52. The molecule has 0 aromatic heterocycles. The lowest BCUT2D eigenvalue weighted by atomic mass is 9.96. The van der Waals surface area contributed by atoms with Crippen molar-refractivity contribution in [2.24, 2.45) is 11.8 Å². The number of nitrogens with zero attached hydrogens (tertiary/aromatic N) is 1. The van der Waals surface area contributed by atoms with Gasteiger partial charge in [-0.3, -0.25) is 0 Å². The van der Waals surface area contributed by atoms with Crippen molar-refractivity contribution < 1.29 is 9.94 Å². The molecule has 1 saturated carbocycles. The molecule has 2 bridgehead atoms. The average molecular weight is 219 g/mol. The summed E-state index contributed by atoms with van der Waals surface area (Å²) >= 11 is 0. The fourth-order valence-electron chi connectivity index (χ4n) is 3.00. The first kappa shape index (κ1) is 10.1. The first-order chi connectivity index (χ1) is 7.83. The highest BCUT2D eigenvalue weighted by Crippen LogP contribution is 2.38. The summed E-state index contributed by atoms with van der Waals surface area (Å²) in [5, 5.41) is 11.0. The lowest BCUT2D eigenvalue weighted by molar-refractivity contribution is -0.143. The van der Waals surface area contributed by atoms with E-state index in [0.29, 0.717) is 17.9 Å². The van der Waals surface area contributed by atoms with E-state index in [1.807, 2.05) is 30.3 Å². The second kappa shape index (κ2) is 4.07. The number of benzene rings is 1. The monoisotopic (exact) mass is 219 g/mol. The number of ether oxygens (including phenoxy) is 1. The lowest BCUT2D eigenvalue weighted by Crippen LogP contribution is -2.45. The molecule has 1 aromatic rings. The molecule has 0 amide bonds.